The number of hydrogen-bond donors (Lipinski definition) is 2. The van der Waals surface area contributed by atoms with E-state index in [1.807, 2.05) is 0 Å². The Kier molecular flexibility index (Phi) is 7.83. The predicted octanol–water partition coefficient (Wildman–Crippen LogP) is 4.42. The molecule has 0 spiro atoms. The molecular weight excluding hydrogens is 527 g/mol. The highest BCUT2D eigenvalue weighted by molar-refractivity contribution is 6.03. The van der Waals surface area contributed by atoms with Gasteiger partial charge < -0.3 is 21.1 Å². The highest BCUT2D eigenvalue weighted by Gasteiger charge is 2.33. The summed E-state index contributed by atoms with van der Waals surface area (Å²) in [7, 11) is 0. The van der Waals surface area contributed by atoms with Crippen LogP contribution in [0.25, 0.3) is 11.3 Å². The monoisotopic (exact) mass is 550 g/mol. The van der Waals surface area contributed by atoms with Crippen molar-refractivity contribution in [2.75, 3.05) is 18.8 Å². The van der Waals surface area contributed by atoms with E-state index in [4.69, 9.17) is 16.2 Å². The molecule has 1 aromatic carbocycles. The van der Waals surface area contributed by atoms with Crippen LogP contribution in [0.5, 0.6) is 11.6 Å². The van der Waals surface area contributed by atoms with Gasteiger partial charge in [0.1, 0.15) is 28.5 Å². The fourth-order valence-corrected chi connectivity index (χ4v) is 4.22. The molecule has 39 heavy (non-hydrogen) atoms. The standard InChI is InChI=1S/C25H23F5N6O3/c26-18(27)10-11-20(37)35-12-2-3-15(13-35)36-23(31)21(24(32)38)22(34-36)14-6-8-16(9-7-14)39-19-5-1-4-17(33-19)25(28,29)30/h1,4-11,15,18H,2-3,12-13,31H2,(H2,32,38)/t15-/m1/s1. The largest absolute Gasteiger partial charge is 0.439 e. The number of aromatic nitrogens is 3. The van der Waals surface area contributed by atoms with Crippen LogP contribution in [0.2, 0.25) is 0 Å². The fourth-order valence-electron chi connectivity index (χ4n) is 4.22. The van der Waals surface area contributed by atoms with E-state index in [0.717, 1.165) is 12.1 Å². The van der Waals surface area contributed by atoms with E-state index in [0.29, 0.717) is 31.0 Å². The second kappa shape index (κ2) is 11.1. The molecule has 1 fully saturated rings. The first-order valence-corrected chi connectivity index (χ1v) is 11.7. The van der Waals surface area contributed by atoms with E-state index in [-0.39, 0.29) is 35.2 Å². The molecule has 2 aromatic heterocycles. The van der Waals surface area contributed by atoms with Crippen LogP contribution in [0, 0.1) is 0 Å². The van der Waals surface area contributed by atoms with E-state index < -0.39 is 36.2 Å². The zero-order valence-corrected chi connectivity index (χ0v) is 20.2. The van der Waals surface area contributed by atoms with Crippen molar-refractivity contribution >= 4 is 17.6 Å². The van der Waals surface area contributed by atoms with Crippen molar-refractivity contribution in [2.45, 2.75) is 31.5 Å². The van der Waals surface area contributed by atoms with Crippen molar-refractivity contribution in [3.8, 4) is 22.9 Å². The molecule has 206 valence electrons. The minimum Gasteiger partial charge on any atom is -0.439 e. The Morgan fingerprint density at radius 1 is 1.13 bits per heavy atom. The molecule has 1 saturated heterocycles. The number of carbonyl (C=O) groups is 2. The number of piperidine rings is 1. The minimum atomic E-state index is -4.63. The molecule has 9 nitrogen and oxygen atoms in total. The Balaban J connectivity index is 1.57. The van der Waals surface area contributed by atoms with Crippen LogP contribution >= 0.6 is 0 Å². The molecule has 1 aliphatic rings. The molecule has 0 radical (unpaired) electrons. The summed E-state index contributed by atoms with van der Waals surface area (Å²) >= 11 is 0. The number of rotatable bonds is 7. The molecule has 1 aliphatic heterocycles. The molecule has 3 aromatic rings. The molecule has 1 atom stereocenters. The topological polar surface area (TPSA) is 129 Å². The number of nitrogens with zero attached hydrogens (tertiary/aromatic N) is 4. The van der Waals surface area contributed by atoms with Crippen LogP contribution in [0.4, 0.5) is 27.8 Å². The molecule has 4 N–H and O–H groups in total. The summed E-state index contributed by atoms with van der Waals surface area (Å²) < 4.78 is 70.5. The van der Waals surface area contributed by atoms with Gasteiger partial charge in [-0.05, 0) is 49.2 Å². The van der Waals surface area contributed by atoms with Crippen LogP contribution in [-0.2, 0) is 11.0 Å². The first-order chi connectivity index (χ1) is 18.4. The first kappa shape index (κ1) is 27.5. The summed E-state index contributed by atoms with van der Waals surface area (Å²) in [5, 5.41) is 4.48. The maximum Gasteiger partial charge on any atom is 0.433 e. The van der Waals surface area contributed by atoms with Crippen molar-refractivity contribution in [3.63, 3.8) is 0 Å². The average molecular weight is 550 g/mol. The molecule has 0 bridgehead atoms. The van der Waals surface area contributed by atoms with Crippen LogP contribution in [0.1, 0.15) is 34.9 Å². The summed E-state index contributed by atoms with van der Waals surface area (Å²) in [5.74, 6) is -1.52. The average Bonchev–Trinajstić information content (AvgIpc) is 3.24. The molecule has 3 heterocycles. The number of anilines is 1. The minimum absolute atomic E-state index is 0.0200. The van der Waals surface area contributed by atoms with Crippen LogP contribution in [0.15, 0.2) is 54.6 Å². The summed E-state index contributed by atoms with van der Waals surface area (Å²) in [6.45, 7) is 0.495. The number of halogens is 5. The third kappa shape index (κ3) is 6.33. The van der Waals surface area contributed by atoms with Gasteiger partial charge in [0.05, 0.1) is 6.04 Å². The van der Waals surface area contributed by atoms with Gasteiger partial charge in [0.15, 0.2) is 0 Å². The highest BCUT2D eigenvalue weighted by Crippen LogP contribution is 2.34. The SMILES string of the molecule is NC(=O)c1c(-c2ccc(Oc3cccc(C(F)(F)F)n3)cc2)nn([C@@H]2CCCN(C(=O)C=CC(F)F)C2)c1N. The maximum absolute atomic E-state index is 12.9. The van der Waals surface area contributed by atoms with E-state index in [2.05, 4.69) is 10.1 Å². The second-order valence-corrected chi connectivity index (χ2v) is 8.68. The molecule has 4 rings (SSSR count). The molecule has 2 amide bonds. The number of nitrogens with two attached hydrogens (primary N) is 2. The summed E-state index contributed by atoms with van der Waals surface area (Å²) in [4.78, 5) is 29.4. The maximum atomic E-state index is 12.9. The molecule has 14 heteroatoms. The predicted molar refractivity (Wildman–Crippen MR) is 130 cm³/mol. The number of primary amides is 1. The number of allylic oxidation sites excluding steroid dienone is 1. The van der Waals surface area contributed by atoms with Crippen molar-refractivity contribution in [1.82, 2.24) is 19.7 Å². The lowest BCUT2D eigenvalue weighted by Crippen LogP contribution is -2.40. The third-order valence-electron chi connectivity index (χ3n) is 6.00. The number of alkyl halides is 5. The number of pyridine rings is 1. The van der Waals surface area contributed by atoms with Crippen LogP contribution < -0.4 is 16.2 Å². The Hall–Kier alpha value is -4.49. The van der Waals surface area contributed by atoms with Gasteiger partial charge in [-0.15, -0.1) is 0 Å². The van der Waals surface area contributed by atoms with Gasteiger partial charge in [0.2, 0.25) is 11.8 Å². The van der Waals surface area contributed by atoms with E-state index >= 15 is 0 Å². The summed E-state index contributed by atoms with van der Waals surface area (Å²) in [6.07, 6.45) is -4.95. The quantitative estimate of drug-likeness (QED) is 0.331. The smallest absolute Gasteiger partial charge is 0.433 e. The highest BCUT2D eigenvalue weighted by atomic mass is 19.4. The first-order valence-electron chi connectivity index (χ1n) is 11.7. The van der Waals surface area contributed by atoms with Crippen molar-refractivity contribution in [1.29, 1.82) is 0 Å². The van der Waals surface area contributed by atoms with Gasteiger partial charge in [-0.25, -0.2) is 18.4 Å². The fraction of sp³-hybridized carbons (Fsp3) is 0.280. The number of ether oxygens (including phenoxy) is 1. The molecule has 0 aliphatic carbocycles. The van der Waals surface area contributed by atoms with E-state index in [1.165, 1.54) is 46.0 Å². The lowest BCUT2D eigenvalue weighted by molar-refractivity contribution is -0.141. The van der Waals surface area contributed by atoms with E-state index in [1.54, 1.807) is 0 Å². The van der Waals surface area contributed by atoms with Crippen molar-refractivity contribution in [2.24, 2.45) is 5.73 Å². The van der Waals surface area contributed by atoms with Crippen molar-refractivity contribution < 1.29 is 36.3 Å². The lowest BCUT2D eigenvalue weighted by Gasteiger charge is -2.32. The molecular formula is C25H23F5N6O3. The van der Waals surface area contributed by atoms with Crippen molar-refractivity contribution in [3.05, 3.63) is 65.9 Å². The Labute approximate surface area is 218 Å². The number of benzene rings is 1. The van der Waals surface area contributed by atoms with Gasteiger partial charge >= 0.3 is 6.18 Å². The normalized spacial score (nSPS) is 16.2. The number of likely N-dealkylation sites (tertiary alicyclic amines) is 1. The van der Waals surface area contributed by atoms with E-state index in [9.17, 15) is 31.5 Å². The summed E-state index contributed by atoms with van der Waals surface area (Å²) in [5.41, 5.74) is 11.2. The Bertz CT molecular complexity index is 1390. The zero-order chi connectivity index (χ0) is 28.3. The van der Waals surface area contributed by atoms with Gasteiger partial charge in [-0.2, -0.15) is 18.3 Å². The number of nitrogen functional groups attached to an aromatic ring is 1. The molecule has 0 unspecified atom stereocenters. The third-order valence-corrected chi connectivity index (χ3v) is 6.00. The summed E-state index contributed by atoms with van der Waals surface area (Å²) in [6, 6.07) is 8.77. The van der Waals surface area contributed by atoms with Gasteiger partial charge in [-0.1, -0.05) is 6.07 Å². The number of hydrogen-bond acceptors (Lipinski definition) is 6. The zero-order valence-electron chi connectivity index (χ0n) is 20.2. The van der Waals surface area contributed by atoms with Crippen LogP contribution in [-0.4, -0.2) is 51.0 Å². The number of carbonyl (C=O) groups excluding carboxylic acids is 2. The van der Waals surface area contributed by atoms with Gasteiger partial charge in [0.25, 0.3) is 12.3 Å². The second-order valence-electron chi connectivity index (χ2n) is 8.68. The van der Waals surface area contributed by atoms with Gasteiger partial charge in [-0.3, -0.25) is 9.59 Å². The van der Waals surface area contributed by atoms with Crippen LogP contribution in [0.3, 0.4) is 0 Å². The number of amides is 2. The Morgan fingerprint density at radius 3 is 2.49 bits per heavy atom. The lowest BCUT2D eigenvalue weighted by atomic mass is 10.1. The Morgan fingerprint density at radius 2 is 1.85 bits per heavy atom. The molecule has 0 saturated carbocycles. The van der Waals surface area contributed by atoms with Gasteiger partial charge in [0, 0.05) is 30.8 Å².